The molecule has 0 aliphatic heterocycles. The maximum absolute atomic E-state index is 9.31. The maximum Gasteiger partial charge on any atom is 0.191 e. The van der Waals surface area contributed by atoms with E-state index in [4.69, 9.17) is 4.42 Å². The second kappa shape index (κ2) is 8.43. The number of guanidine groups is 1. The Morgan fingerprint density at radius 3 is 2.65 bits per heavy atom. The van der Waals surface area contributed by atoms with Gasteiger partial charge in [0.05, 0.1) is 6.04 Å². The number of phenolic OH excluding ortho intramolecular Hbond substituents is 1. The van der Waals surface area contributed by atoms with Crippen molar-refractivity contribution in [3.05, 3.63) is 65.9 Å². The van der Waals surface area contributed by atoms with Crippen LogP contribution >= 0.6 is 0 Å². The largest absolute Gasteiger partial charge is 0.508 e. The van der Waals surface area contributed by atoms with Crippen LogP contribution in [0.25, 0.3) is 11.0 Å². The molecule has 0 saturated carbocycles. The lowest BCUT2D eigenvalue weighted by Crippen LogP contribution is -2.39. The normalized spacial score (nSPS) is 12.9. The van der Waals surface area contributed by atoms with E-state index in [1.165, 1.54) is 5.56 Å². The molecule has 0 saturated heterocycles. The minimum absolute atomic E-state index is 0.0192. The predicted molar refractivity (Wildman–Crippen MR) is 106 cm³/mol. The third-order valence-electron chi connectivity index (χ3n) is 4.32. The molecule has 3 aromatic rings. The molecule has 2 aromatic carbocycles. The van der Waals surface area contributed by atoms with Gasteiger partial charge in [-0.15, -0.1) is 0 Å². The summed E-state index contributed by atoms with van der Waals surface area (Å²) in [7, 11) is 1.76. The van der Waals surface area contributed by atoms with E-state index in [1.807, 2.05) is 36.4 Å². The van der Waals surface area contributed by atoms with Gasteiger partial charge in [-0.05, 0) is 49.6 Å². The van der Waals surface area contributed by atoms with Gasteiger partial charge in [0.25, 0.3) is 0 Å². The van der Waals surface area contributed by atoms with Gasteiger partial charge < -0.3 is 20.2 Å². The molecule has 26 heavy (non-hydrogen) atoms. The van der Waals surface area contributed by atoms with Gasteiger partial charge in [-0.2, -0.15) is 0 Å². The SMILES string of the molecule is CN=C(NCCCc1ccc(O)cc1)NC(C)c1cc2ccccc2o1. The van der Waals surface area contributed by atoms with E-state index < -0.39 is 0 Å². The van der Waals surface area contributed by atoms with Crippen LogP contribution in [0.1, 0.15) is 30.7 Å². The zero-order valence-electron chi connectivity index (χ0n) is 15.2. The number of aryl methyl sites for hydroxylation is 1. The van der Waals surface area contributed by atoms with Crippen molar-refractivity contribution in [3.63, 3.8) is 0 Å². The lowest BCUT2D eigenvalue weighted by Gasteiger charge is -2.16. The minimum atomic E-state index is 0.0192. The number of fused-ring (bicyclic) bond motifs is 1. The molecule has 1 unspecified atom stereocenters. The molecular weight excluding hydrogens is 326 g/mol. The van der Waals surface area contributed by atoms with Crippen molar-refractivity contribution < 1.29 is 9.52 Å². The molecule has 3 rings (SSSR count). The van der Waals surface area contributed by atoms with E-state index in [9.17, 15) is 5.11 Å². The Kier molecular flexibility index (Phi) is 5.79. The van der Waals surface area contributed by atoms with Crippen LogP contribution in [-0.2, 0) is 6.42 Å². The van der Waals surface area contributed by atoms with Gasteiger partial charge >= 0.3 is 0 Å². The highest BCUT2D eigenvalue weighted by atomic mass is 16.3. The van der Waals surface area contributed by atoms with Crippen LogP contribution in [0, 0.1) is 0 Å². The maximum atomic E-state index is 9.31. The smallest absolute Gasteiger partial charge is 0.191 e. The fraction of sp³-hybridized carbons (Fsp3) is 0.286. The van der Waals surface area contributed by atoms with Crippen molar-refractivity contribution in [2.45, 2.75) is 25.8 Å². The predicted octanol–water partition coefficient (Wildman–Crippen LogP) is 4.00. The van der Waals surface area contributed by atoms with Crippen molar-refractivity contribution in [2.24, 2.45) is 4.99 Å². The quantitative estimate of drug-likeness (QED) is 0.357. The molecule has 0 aliphatic rings. The highest BCUT2D eigenvalue weighted by Gasteiger charge is 2.12. The summed E-state index contributed by atoms with van der Waals surface area (Å²) in [4.78, 5) is 4.28. The lowest BCUT2D eigenvalue weighted by atomic mass is 10.1. The third kappa shape index (κ3) is 4.57. The summed E-state index contributed by atoms with van der Waals surface area (Å²) < 4.78 is 5.90. The first-order valence-electron chi connectivity index (χ1n) is 8.89. The Morgan fingerprint density at radius 1 is 1.15 bits per heavy atom. The Balaban J connectivity index is 1.48. The first-order valence-corrected chi connectivity index (χ1v) is 8.89. The summed E-state index contributed by atoms with van der Waals surface area (Å²) in [6.07, 6.45) is 1.92. The molecule has 1 heterocycles. The average molecular weight is 351 g/mol. The molecule has 136 valence electrons. The zero-order chi connectivity index (χ0) is 18.4. The van der Waals surface area contributed by atoms with E-state index in [0.29, 0.717) is 5.75 Å². The third-order valence-corrected chi connectivity index (χ3v) is 4.32. The molecule has 0 aliphatic carbocycles. The van der Waals surface area contributed by atoms with Crippen LogP contribution in [0.4, 0.5) is 0 Å². The van der Waals surface area contributed by atoms with Crippen molar-refractivity contribution in [1.82, 2.24) is 10.6 Å². The summed E-state index contributed by atoms with van der Waals surface area (Å²) in [5, 5.41) is 17.1. The number of aliphatic imine (C=N–C) groups is 1. The van der Waals surface area contributed by atoms with Gasteiger partial charge in [-0.1, -0.05) is 30.3 Å². The Hall–Kier alpha value is -2.95. The number of aromatic hydroxyl groups is 1. The summed E-state index contributed by atoms with van der Waals surface area (Å²) in [5.41, 5.74) is 2.11. The van der Waals surface area contributed by atoms with Crippen LogP contribution in [0.2, 0.25) is 0 Å². The minimum Gasteiger partial charge on any atom is -0.508 e. The molecule has 0 amide bonds. The Labute approximate surface area is 153 Å². The van der Waals surface area contributed by atoms with Gasteiger partial charge in [-0.25, -0.2) is 0 Å². The van der Waals surface area contributed by atoms with Gasteiger partial charge in [0.1, 0.15) is 17.1 Å². The molecule has 3 N–H and O–H groups in total. The molecule has 1 atom stereocenters. The van der Waals surface area contributed by atoms with Crippen molar-refractivity contribution in [2.75, 3.05) is 13.6 Å². The van der Waals surface area contributed by atoms with Crippen molar-refractivity contribution in [3.8, 4) is 5.75 Å². The molecule has 0 bridgehead atoms. The summed E-state index contributed by atoms with van der Waals surface area (Å²) in [6, 6.07) is 17.4. The first kappa shape index (κ1) is 17.9. The molecule has 0 fully saturated rings. The van der Waals surface area contributed by atoms with Gasteiger partial charge in [0.15, 0.2) is 5.96 Å². The number of nitrogens with zero attached hydrogens (tertiary/aromatic N) is 1. The van der Waals surface area contributed by atoms with Crippen LogP contribution < -0.4 is 10.6 Å². The summed E-state index contributed by atoms with van der Waals surface area (Å²) in [5.74, 6) is 1.94. The second-order valence-corrected chi connectivity index (χ2v) is 6.32. The standard InChI is InChI=1S/C21H25N3O2/c1-15(20-14-17-7-3-4-8-19(17)26-20)24-21(22-2)23-13-5-6-16-9-11-18(25)12-10-16/h3-4,7-12,14-15,25H,5-6,13H2,1-2H3,(H2,22,23,24). The van der Waals surface area contributed by atoms with Crippen LogP contribution in [0.15, 0.2) is 64.0 Å². The van der Waals surface area contributed by atoms with E-state index in [-0.39, 0.29) is 6.04 Å². The topological polar surface area (TPSA) is 69.8 Å². The summed E-state index contributed by atoms with van der Waals surface area (Å²) >= 11 is 0. The van der Waals surface area contributed by atoms with Crippen LogP contribution in [-0.4, -0.2) is 24.7 Å². The second-order valence-electron chi connectivity index (χ2n) is 6.32. The molecular formula is C21H25N3O2. The van der Waals surface area contributed by atoms with Gasteiger partial charge in [-0.3, -0.25) is 4.99 Å². The lowest BCUT2D eigenvalue weighted by molar-refractivity contribution is 0.475. The van der Waals surface area contributed by atoms with Gasteiger partial charge in [0.2, 0.25) is 0 Å². The van der Waals surface area contributed by atoms with E-state index in [1.54, 1.807) is 19.2 Å². The number of hydrogen-bond donors (Lipinski definition) is 3. The first-order chi connectivity index (χ1) is 12.7. The number of furan rings is 1. The average Bonchev–Trinajstić information content (AvgIpc) is 3.10. The number of benzene rings is 2. The van der Waals surface area contributed by atoms with E-state index in [0.717, 1.165) is 42.1 Å². The molecule has 5 heteroatoms. The number of nitrogens with one attached hydrogen (secondary N) is 2. The highest BCUT2D eigenvalue weighted by Crippen LogP contribution is 2.23. The molecule has 1 aromatic heterocycles. The number of phenols is 1. The summed E-state index contributed by atoms with van der Waals surface area (Å²) in [6.45, 7) is 2.87. The van der Waals surface area contributed by atoms with E-state index in [2.05, 4.69) is 28.6 Å². The number of para-hydroxylation sites is 1. The zero-order valence-corrected chi connectivity index (χ0v) is 15.2. The number of hydrogen-bond acceptors (Lipinski definition) is 3. The van der Waals surface area contributed by atoms with Crippen LogP contribution in [0.5, 0.6) is 5.75 Å². The molecule has 5 nitrogen and oxygen atoms in total. The monoisotopic (exact) mass is 351 g/mol. The molecule has 0 spiro atoms. The highest BCUT2D eigenvalue weighted by molar-refractivity contribution is 5.81. The van der Waals surface area contributed by atoms with Crippen molar-refractivity contribution in [1.29, 1.82) is 0 Å². The molecule has 0 radical (unpaired) electrons. The van der Waals surface area contributed by atoms with Gasteiger partial charge in [0, 0.05) is 19.0 Å². The van der Waals surface area contributed by atoms with Crippen LogP contribution in [0.3, 0.4) is 0 Å². The van der Waals surface area contributed by atoms with E-state index >= 15 is 0 Å². The Morgan fingerprint density at radius 2 is 1.92 bits per heavy atom. The van der Waals surface area contributed by atoms with Crippen molar-refractivity contribution >= 4 is 16.9 Å². The fourth-order valence-electron chi connectivity index (χ4n) is 2.85. The number of rotatable bonds is 6. The Bertz CT molecular complexity index is 835. The fourth-order valence-corrected chi connectivity index (χ4v) is 2.85.